The standard InChI is InChI=1S/C23H23N3O5S/c1-30-19-5-7-20(8-6-19)32(28,29)26-12-9-17(10-13-26)23(27)31-16-18-15-25-11-3-2-4-22(25)21(18)14-24/h2-8,11,15,17H,9-10,12-13,16H2,1H3. The van der Waals surface area contributed by atoms with Crippen LogP contribution in [0, 0.1) is 17.2 Å². The number of carbonyl (C=O) groups excluding carboxylic acids is 1. The van der Waals surface area contributed by atoms with E-state index in [4.69, 9.17) is 9.47 Å². The topological polar surface area (TPSA) is 101 Å². The van der Waals surface area contributed by atoms with Crippen molar-refractivity contribution in [2.45, 2.75) is 24.3 Å². The first kappa shape index (κ1) is 21.9. The Morgan fingerprint density at radius 2 is 1.88 bits per heavy atom. The molecule has 0 amide bonds. The van der Waals surface area contributed by atoms with Crippen LogP contribution in [0.3, 0.4) is 0 Å². The lowest BCUT2D eigenvalue weighted by Crippen LogP contribution is -2.40. The quantitative estimate of drug-likeness (QED) is 0.532. The zero-order valence-electron chi connectivity index (χ0n) is 17.6. The zero-order chi connectivity index (χ0) is 22.7. The van der Waals surface area contributed by atoms with Crippen molar-refractivity contribution >= 4 is 21.5 Å². The number of sulfonamides is 1. The van der Waals surface area contributed by atoms with Crippen LogP contribution in [0.25, 0.3) is 5.52 Å². The van der Waals surface area contributed by atoms with E-state index in [1.165, 1.54) is 23.5 Å². The molecule has 3 heterocycles. The lowest BCUT2D eigenvalue weighted by molar-refractivity contribution is -0.151. The van der Waals surface area contributed by atoms with Gasteiger partial charge in [-0.2, -0.15) is 9.57 Å². The summed E-state index contributed by atoms with van der Waals surface area (Å²) >= 11 is 0. The zero-order valence-corrected chi connectivity index (χ0v) is 18.4. The minimum Gasteiger partial charge on any atom is -0.497 e. The van der Waals surface area contributed by atoms with Gasteiger partial charge in [0.2, 0.25) is 10.0 Å². The van der Waals surface area contributed by atoms with Crippen LogP contribution in [0.15, 0.2) is 59.8 Å². The van der Waals surface area contributed by atoms with Gasteiger partial charge in [0.1, 0.15) is 18.4 Å². The molecule has 2 aromatic heterocycles. The van der Waals surface area contributed by atoms with Crippen molar-refractivity contribution in [2.24, 2.45) is 5.92 Å². The summed E-state index contributed by atoms with van der Waals surface area (Å²) in [4.78, 5) is 12.8. The van der Waals surface area contributed by atoms with Crippen molar-refractivity contribution < 1.29 is 22.7 Å². The summed E-state index contributed by atoms with van der Waals surface area (Å²) in [5.41, 5.74) is 1.89. The molecule has 1 aliphatic heterocycles. The summed E-state index contributed by atoms with van der Waals surface area (Å²) in [6.07, 6.45) is 4.39. The molecule has 1 saturated heterocycles. The van der Waals surface area contributed by atoms with E-state index < -0.39 is 10.0 Å². The third kappa shape index (κ3) is 4.20. The number of carbonyl (C=O) groups is 1. The molecule has 4 rings (SSSR count). The van der Waals surface area contributed by atoms with E-state index in [9.17, 15) is 18.5 Å². The molecule has 1 fully saturated rings. The van der Waals surface area contributed by atoms with Crippen LogP contribution >= 0.6 is 0 Å². The normalized spacial score (nSPS) is 15.4. The van der Waals surface area contributed by atoms with Crippen molar-refractivity contribution in [1.29, 1.82) is 5.26 Å². The molecule has 3 aromatic rings. The molecule has 0 atom stereocenters. The number of rotatable bonds is 6. The summed E-state index contributed by atoms with van der Waals surface area (Å²) in [7, 11) is -2.11. The predicted octanol–water partition coefficient (Wildman–Crippen LogP) is 2.96. The average Bonchev–Trinajstić information content (AvgIpc) is 3.20. The number of esters is 1. The monoisotopic (exact) mass is 453 g/mol. The first-order valence-corrected chi connectivity index (χ1v) is 11.7. The molecule has 0 spiro atoms. The predicted molar refractivity (Wildman–Crippen MR) is 116 cm³/mol. The van der Waals surface area contributed by atoms with Gasteiger partial charge in [0, 0.05) is 31.0 Å². The molecule has 0 bridgehead atoms. The highest BCUT2D eigenvalue weighted by Crippen LogP contribution is 2.26. The molecule has 1 aromatic carbocycles. The highest BCUT2D eigenvalue weighted by atomic mass is 32.2. The molecule has 0 N–H and O–H groups in total. The second kappa shape index (κ2) is 9.02. The maximum Gasteiger partial charge on any atom is 0.309 e. The Kier molecular flexibility index (Phi) is 6.17. The van der Waals surface area contributed by atoms with Crippen molar-refractivity contribution in [3.8, 4) is 11.8 Å². The summed E-state index contributed by atoms with van der Waals surface area (Å²) < 4.78 is 39.5. The minimum absolute atomic E-state index is 0.00771. The Balaban J connectivity index is 1.36. The molecule has 0 radical (unpaired) electrons. The summed E-state index contributed by atoms with van der Waals surface area (Å²) in [6, 6.07) is 14.0. The van der Waals surface area contributed by atoms with Crippen molar-refractivity contribution in [3.63, 3.8) is 0 Å². The van der Waals surface area contributed by atoms with Gasteiger partial charge in [-0.3, -0.25) is 4.79 Å². The van der Waals surface area contributed by atoms with Crippen LogP contribution in [0.2, 0.25) is 0 Å². The number of benzene rings is 1. The molecule has 166 valence electrons. The van der Waals surface area contributed by atoms with Gasteiger partial charge >= 0.3 is 5.97 Å². The molecule has 0 unspecified atom stereocenters. The van der Waals surface area contributed by atoms with Crippen LogP contribution in [0.4, 0.5) is 0 Å². The Bertz CT molecular complexity index is 1270. The fourth-order valence-corrected chi connectivity index (χ4v) is 5.38. The van der Waals surface area contributed by atoms with Crippen LogP contribution in [0.5, 0.6) is 5.75 Å². The van der Waals surface area contributed by atoms with Gasteiger partial charge in [-0.25, -0.2) is 8.42 Å². The lowest BCUT2D eigenvalue weighted by atomic mass is 9.98. The molecule has 1 aliphatic rings. The Labute approximate surface area is 186 Å². The smallest absolute Gasteiger partial charge is 0.309 e. The Morgan fingerprint density at radius 3 is 2.53 bits per heavy atom. The van der Waals surface area contributed by atoms with Gasteiger partial charge in [0.25, 0.3) is 0 Å². The SMILES string of the molecule is COc1ccc(S(=O)(=O)N2CCC(C(=O)OCc3cn4ccccc4c3C#N)CC2)cc1. The van der Waals surface area contributed by atoms with Gasteiger partial charge in [-0.15, -0.1) is 0 Å². The fraction of sp³-hybridized carbons (Fsp3) is 0.304. The van der Waals surface area contributed by atoms with Gasteiger partial charge < -0.3 is 13.9 Å². The van der Waals surface area contributed by atoms with E-state index in [2.05, 4.69) is 6.07 Å². The summed E-state index contributed by atoms with van der Waals surface area (Å²) in [5.74, 6) is -0.161. The summed E-state index contributed by atoms with van der Waals surface area (Å²) in [6.45, 7) is 0.495. The van der Waals surface area contributed by atoms with Gasteiger partial charge in [0.05, 0.1) is 29.0 Å². The number of piperidine rings is 1. The van der Waals surface area contributed by atoms with Crippen LogP contribution < -0.4 is 4.74 Å². The Morgan fingerprint density at radius 1 is 1.16 bits per heavy atom. The number of ether oxygens (including phenoxy) is 2. The fourth-order valence-electron chi connectivity index (χ4n) is 3.91. The number of fused-ring (bicyclic) bond motifs is 1. The molecule has 0 aliphatic carbocycles. The minimum atomic E-state index is -3.63. The number of aromatic nitrogens is 1. The molecule has 8 nitrogen and oxygen atoms in total. The molecular formula is C23H23N3O5S. The third-order valence-electron chi connectivity index (χ3n) is 5.73. The first-order valence-electron chi connectivity index (χ1n) is 10.2. The maximum absolute atomic E-state index is 12.9. The number of pyridine rings is 1. The molecular weight excluding hydrogens is 430 g/mol. The van der Waals surface area contributed by atoms with E-state index in [1.54, 1.807) is 18.3 Å². The molecule has 0 saturated carbocycles. The van der Waals surface area contributed by atoms with E-state index in [0.717, 1.165) is 5.52 Å². The number of hydrogen-bond donors (Lipinski definition) is 0. The molecule has 9 heteroatoms. The van der Waals surface area contributed by atoms with Gasteiger partial charge in [-0.1, -0.05) is 6.07 Å². The lowest BCUT2D eigenvalue weighted by Gasteiger charge is -2.30. The Hall–Kier alpha value is -3.35. The summed E-state index contributed by atoms with van der Waals surface area (Å²) in [5, 5.41) is 9.47. The van der Waals surface area contributed by atoms with E-state index in [0.29, 0.717) is 29.7 Å². The first-order chi connectivity index (χ1) is 15.4. The number of methoxy groups -OCH3 is 1. The van der Waals surface area contributed by atoms with E-state index in [-0.39, 0.29) is 36.5 Å². The van der Waals surface area contributed by atoms with Crippen LogP contribution in [-0.4, -0.2) is 43.3 Å². The van der Waals surface area contributed by atoms with Gasteiger partial charge in [0.15, 0.2) is 0 Å². The van der Waals surface area contributed by atoms with Crippen molar-refractivity contribution in [3.05, 3.63) is 66.0 Å². The maximum atomic E-state index is 12.9. The second-order valence-electron chi connectivity index (χ2n) is 7.60. The number of nitriles is 1. The third-order valence-corrected chi connectivity index (χ3v) is 7.64. The van der Waals surface area contributed by atoms with Gasteiger partial charge in [-0.05, 0) is 49.2 Å². The number of nitrogens with zero attached hydrogens (tertiary/aromatic N) is 3. The average molecular weight is 454 g/mol. The largest absolute Gasteiger partial charge is 0.497 e. The second-order valence-corrected chi connectivity index (χ2v) is 9.53. The van der Waals surface area contributed by atoms with Crippen LogP contribution in [0.1, 0.15) is 24.0 Å². The molecule has 32 heavy (non-hydrogen) atoms. The van der Waals surface area contributed by atoms with Crippen molar-refractivity contribution in [1.82, 2.24) is 8.71 Å². The van der Waals surface area contributed by atoms with Crippen LogP contribution in [-0.2, 0) is 26.2 Å². The highest BCUT2D eigenvalue weighted by molar-refractivity contribution is 7.89. The van der Waals surface area contributed by atoms with E-state index >= 15 is 0 Å². The highest BCUT2D eigenvalue weighted by Gasteiger charge is 2.33. The van der Waals surface area contributed by atoms with E-state index in [1.807, 2.05) is 28.8 Å². The van der Waals surface area contributed by atoms with Crippen molar-refractivity contribution in [2.75, 3.05) is 20.2 Å². The number of hydrogen-bond acceptors (Lipinski definition) is 6.